The number of hydrogen-bond acceptors (Lipinski definition) is 11. The molecule has 232 valence electrons. The topological polar surface area (TPSA) is 131 Å². The van der Waals surface area contributed by atoms with Crippen molar-refractivity contribution >= 4 is 64.8 Å². The van der Waals surface area contributed by atoms with E-state index >= 15 is 0 Å². The van der Waals surface area contributed by atoms with Crippen LogP contribution in [0, 0.1) is 17.2 Å². The van der Waals surface area contributed by atoms with Gasteiger partial charge in [0.25, 0.3) is 11.8 Å². The van der Waals surface area contributed by atoms with Crippen LogP contribution in [0.25, 0.3) is 0 Å². The number of carbonyl (C=O) groups excluding carboxylic acids is 3. The number of carbonyl (C=O) groups is 3. The van der Waals surface area contributed by atoms with Gasteiger partial charge < -0.3 is 14.9 Å². The zero-order chi connectivity index (χ0) is 31.3. The maximum absolute atomic E-state index is 13.5. The van der Waals surface area contributed by atoms with Crippen molar-refractivity contribution in [3.05, 3.63) is 19.6 Å². The summed E-state index contributed by atoms with van der Waals surface area (Å²) >= 11 is 4.23. The molecule has 3 aliphatic heterocycles. The summed E-state index contributed by atoms with van der Waals surface area (Å²) in [5, 5.41) is 35.4. The van der Waals surface area contributed by atoms with Crippen LogP contribution < -0.4 is 0 Å². The van der Waals surface area contributed by atoms with Gasteiger partial charge >= 0.3 is 5.97 Å². The highest BCUT2D eigenvalue weighted by atomic mass is 32.2. The molecule has 0 aromatic heterocycles. The minimum atomic E-state index is -0.721. The van der Waals surface area contributed by atoms with Crippen LogP contribution in [0.2, 0.25) is 0 Å². The van der Waals surface area contributed by atoms with E-state index in [0.717, 1.165) is 98.4 Å². The SMILES string of the molecule is CCCCC(CC)COC(=O)C(C#N)=C1Sc2c(O)c3c(c(O)c2S1)SC(=C1C(=O)N(CCCC)N(CCCC)C1=O)S3. The van der Waals surface area contributed by atoms with Crippen LogP contribution in [-0.2, 0) is 19.1 Å². The monoisotopic (exact) mass is 663 g/mol. The maximum Gasteiger partial charge on any atom is 0.350 e. The number of hydrogen-bond donors (Lipinski definition) is 2. The molecule has 2 amide bonds. The van der Waals surface area contributed by atoms with Gasteiger partial charge in [-0.25, -0.2) is 14.8 Å². The second kappa shape index (κ2) is 15.1. The van der Waals surface area contributed by atoms with Crippen molar-refractivity contribution in [3.8, 4) is 17.6 Å². The standard InChI is InChI=1S/C30H37N3O6S4/c1-5-9-12-17(8-4)16-39-28(38)18(15-31)29-40-22-20(34)24-25(21(35)23(22)41-29)43-30(42-24)19-26(36)32(13-10-6-2)33(27(19)37)14-11-7-3/h17,34-35H,5-14,16H2,1-4H3. The Morgan fingerprint density at radius 3 is 1.77 bits per heavy atom. The second-order valence-electron chi connectivity index (χ2n) is 10.4. The number of unbranched alkanes of at least 4 members (excludes halogenated alkanes) is 3. The number of benzene rings is 1. The van der Waals surface area contributed by atoms with Gasteiger partial charge in [0.1, 0.15) is 23.1 Å². The lowest BCUT2D eigenvalue weighted by Crippen LogP contribution is -2.42. The van der Waals surface area contributed by atoms with Crippen LogP contribution in [-0.4, -0.2) is 57.7 Å². The fourth-order valence-corrected chi connectivity index (χ4v) is 10.0. The first-order chi connectivity index (χ1) is 20.7. The number of fused-ring (bicyclic) bond motifs is 2. The van der Waals surface area contributed by atoms with Crippen molar-refractivity contribution in [1.82, 2.24) is 10.0 Å². The molecule has 1 saturated heterocycles. The van der Waals surface area contributed by atoms with Crippen LogP contribution in [0.5, 0.6) is 11.5 Å². The van der Waals surface area contributed by atoms with Crippen LogP contribution in [0.15, 0.2) is 39.2 Å². The van der Waals surface area contributed by atoms with Gasteiger partial charge in [-0.3, -0.25) is 9.59 Å². The third-order valence-electron chi connectivity index (χ3n) is 7.40. The number of hydrazine groups is 1. The quantitative estimate of drug-likeness (QED) is 0.0720. The number of rotatable bonds is 13. The number of amides is 2. The second-order valence-corrected chi connectivity index (χ2v) is 15.0. The smallest absolute Gasteiger partial charge is 0.350 e. The first-order valence-electron chi connectivity index (χ1n) is 14.7. The molecule has 1 unspecified atom stereocenters. The van der Waals surface area contributed by atoms with Gasteiger partial charge in [0.05, 0.1) is 34.7 Å². The lowest BCUT2D eigenvalue weighted by atomic mass is 10.0. The summed E-state index contributed by atoms with van der Waals surface area (Å²) in [6.07, 6.45) is 7.19. The molecule has 2 N–H and O–H groups in total. The van der Waals surface area contributed by atoms with Crippen LogP contribution in [0.3, 0.4) is 0 Å². The fraction of sp³-hybridized carbons (Fsp3) is 0.533. The molecule has 1 atom stereocenters. The van der Waals surface area contributed by atoms with Crippen molar-refractivity contribution in [2.75, 3.05) is 19.7 Å². The van der Waals surface area contributed by atoms with E-state index in [-0.39, 0.29) is 47.0 Å². The summed E-state index contributed by atoms with van der Waals surface area (Å²) in [6.45, 7) is 9.32. The van der Waals surface area contributed by atoms with E-state index in [2.05, 4.69) is 6.92 Å². The van der Waals surface area contributed by atoms with Crippen LogP contribution >= 0.6 is 47.0 Å². The molecule has 4 rings (SSSR count). The molecule has 0 spiro atoms. The Balaban J connectivity index is 1.59. The van der Waals surface area contributed by atoms with Gasteiger partial charge in [-0.15, -0.1) is 0 Å². The third-order valence-corrected chi connectivity index (χ3v) is 12.6. The summed E-state index contributed by atoms with van der Waals surface area (Å²) in [6, 6.07) is 1.95. The summed E-state index contributed by atoms with van der Waals surface area (Å²) in [4.78, 5) is 41.1. The Hall–Kier alpha value is -2.40. The fourth-order valence-electron chi connectivity index (χ4n) is 4.77. The number of esters is 1. The maximum atomic E-state index is 13.5. The number of ether oxygens (including phenoxy) is 1. The number of nitrogens with zero attached hydrogens (tertiary/aromatic N) is 3. The van der Waals surface area contributed by atoms with E-state index < -0.39 is 5.97 Å². The average Bonchev–Trinajstić information content (AvgIpc) is 3.69. The molecular formula is C30H37N3O6S4. The Morgan fingerprint density at radius 1 is 0.837 bits per heavy atom. The molecule has 43 heavy (non-hydrogen) atoms. The van der Waals surface area contributed by atoms with E-state index in [9.17, 15) is 29.9 Å². The van der Waals surface area contributed by atoms with Crippen molar-refractivity contribution in [2.24, 2.45) is 5.92 Å². The van der Waals surface area contributed by atoms with E-state index in [4.69, 9.17) is 4.74 Å². The van der Waals surface area contributed by atoms with Gasteiger partial charge in [-0.05, 0) is 25.2 Å². The summed E-state index contributed by atoms with van der Waals surface area (Å²) < 4.78 is 6.24. The third kappa shape index (κ3) is 6.82. The summed E-state index contributed by atoms with van der Waals surface area (Å²) in [5.74, 6) is -1.47. The lowest BCUT2D eigenvalue weighted by Gasteiger charge is -2.27. The van der Waals surface area contributed by atoms with E-state index in [1.165, 1.54) is 10.0 Å². The molecule has 0 saturated carbocycles. The molecule has 9 nitrogen and oxygen atoms in total. The molecule has 3 heterocycles. The van der Waals surface area contributed by atoms with Crippen molar-refractivity contribution < 1.29 is 29.3 Å². The van der Waals surface area contributed by atoms with E-state index in [1.807, 2.05) is 26.8 Å². The van der Waals surface area contributed by atoms with Gasteiger partial charge in [0, 0.05) is 13.1 Å². The van der Waals surface area contributed by atoms with Crippen LogP contribution in [0.1, 0.15) is 79.1 Å². The van der Waals surface area contributed by atoms with Crippen LogP contribution in [0.4, 0.5) is 0 Å². The highest BCUT2D eigenvalue weighted by molar-refractivity contribution is 8.26. The predicted octanol–water partition coefficient (Wildman–Crippen LogP) is 7.39. The Kier molecular flexibility index (Phi) is 11.7. The number of thioether (sulfide) groups is 4. The molecule has 0 aliphatic carbocycles. The summed E-state index contributed by atoms with van der Waals surface area (Å²) in [7, 11) is 0. The highest BCUT2D eigenvalue weighted by Gasteiger charge is 2.45. The van der Waals surface area contributed by atoms with Gasteiger partial charge in [0.2, 0.25) is 0 Å². The normalized spacial score (nSPS) is 16.6. The first kappa shape index (κ1) is 33.5. The van der Waals surface area contributed by atoms with Gasteiger partial charge in [-0.1, -0.05) is 107 Å². The number of nitriles is 1. The Bertz CT molecular complexity index is 1330. The van der Waals surface area contributed by atoms with Gasteiger partial charge in [-0.2, -0.15) is 5.26 Å². The lowest BCUT2D eigenvalue weighted by molar-refractivity contribution is -0.147. The van der Waals surface area contributed by atoms with E-state index in [1.54, 1.807) is 0 Å². The van der Waals surface area contributed by atoms with E-state index in [0.29, 0.717) is 41.1 Å². The molecule has 1 aromatic carbocycles. The zero-order valence-corrected chi connectivity index (χ0v) is 28.1. The Labute approximate surface area is 269 Å². The highest BCUT2D eigenvalue weighted by Crippen LogP contribution is 2.68. The molecule has 3 aliphatic rings. The Morgan fingerprint density at radius 2 is 1.33 bits per heavy atom. The summed E-state index contributed by atoms with van der Waals surface area (Å²) in [5.41, 5.74) is -0.114. The zero-order valence-electron chi connectivity index (χ0n) is 24.9. The minimum absolute atomic E-state index is 0.0529. The largest absolute Gasteiger partial charge is 0.505 e. The van der Waals surface area contributed by atoms with Gasteiger partial charge in [0.15, 0.2) is 5.57 Å². The molecule has 0 bridgehead atoms. The predicted molar refractivity (Wildman–Crippen MR) is 170 cm³/mol. The van der Waals surface area contributed by atoms with Crippen molar-refractivity contribution in [2.45, 2.75) is 98.6 Å². The average molecular weight is 664 g/mol. The van der Waals surface area contributed by atoms with Crippen molar-refractivity contribution in [1.29, 1.82) is 5.26 Å². The minimum Gasteiger partial charge on any atom is -0.505 e. The molecule has 0 radical (unpaired) electrons. The number of phenolic OH excluding ortho intramolecular Hbond substituents is 2. The molecule has 1 aromatic rings. The molecular weight excluding hydrogens is 627 g/mol. The molecule has 1 fully saturated rings. The number of aromatic hydroxyl groups is 2. The van der Waals surface area contributed by atoms with Crippen molar-refractivity contribution in [3.63, 3.8) is 0 Å². The number of phenols is 2. The first-order valence-corrected chi connectivity index (χ1v) is 18.0. The molecule has 13 heteroatoms.